The third kappa shape index (κ3) is 3.05. The number of nitrogens with zero attached hydrogens (tertiary/aromatic N) is 1. The summed E-state index contributed by atoms with van der Waals surface area (Å²) in [5.41, 5.74) is 2.33. The van der Waals surface area contributed by atoms with Gasteiger partial charge in [0, 0.05) is 16.5 Å². The van der Waals surface area contributed by atoms with E-state index in [1.54, 1.807) is 6.07 Å². The van der Waals surface area contributed by atoms with E-state index in [0.717, 1.165) is 16.3 Å². The van der Waals surface area contributed by atoms with Crippen LogP contribution in [0.15, 0.2) is 29.6 Å². The van der Waals surface area contributed by atoms with E-state index in [1.807, 2.05) is 23.6 Å². The van der Waals surface area contributed by atoms with Crippen molar-refractivity contribution in [3.8, 4) is 11.3 Å². The molecular weight excluding hydrogens is 266 g/mol. The number of benzene rings is 1. The van der Waals surface area contributed by atoms with E-state index in [-0.39, 0.29) is 17.3 Å². The van der Waals surface area contributed by atoms with Crippen molar-refractivity contribution in [2.75, 3.05) is 0 Å². The number of thiazole rings is 1. The molecule has 0 saturated heterocycles. The molecule has 2 rings (SSSR count). The predicted molar refractivity (Wildman–Crippen MR) is 75.3 cm³/mol. The number of thiol groups is 1. The highest BCUT2D eigenvalue weighted by Crippen LogP contribution is 2.23. The number of rotatable bonds is 4. The first kappa shape index (κ1) is 13.0. The van der Waals surface area contributed by atoms with Gasteiger partial charge in [0.25, 0.3) is 0 Å². The first-order valence-electron chi connectivity index (χ1n) is 5.34. The van der Waals surface area contributed by atoms with Gasteiger partial charge in [-0.25, -0.2) is 4.98 Å². The van der Waals surface area contributed by atoms with Crippen LogP contribution in [-0.2, 0) is 11.2 Å². The topological polar surface area (TPSA) is 47.0 Å². The molecule has 3 nitrogen and oxygen atoms in total. The van der Waals surface area contributed by atoms with Gasteiger partial charge in [0.1, 0.15) is 5.01 Å². The Hall–Kier alpha value is -1.46. The Morgan fingerprint density at radius 1 is 1.39 bits per heavy atom. The number of Topliss-reactive ketones (excluding diaryl/α,β-unsaturated/α-hetero) is 1. The average molecular weight is 277 g/mol. The molecule has 0 spiro atoms. The van der Waals surface area contributed by atoms with Crippen LogP contribution in [-0.4, -0.2) is 15.9 Å². The molecule has 1 aromatic heterocycles. The molecule has 0 atom stereocenters. The highest BCUT2D eigenvalue weighted by Gasteiger charge is 2.08. The fourth-order valence-electron chi connectivity index (χ4n) is 1.55. The van der Waals surface area contributed by atoms with E-state index in [0.29, 0.717) is 5.56 Å². The highest BCUT2D eigenvalue weighted by molar-refractivity contribution is 7.96. The fourth-order valence-corrected chi connectivity index (χ4v) is 2.61. The zero-order chi connectivity index (χ0) is 13.1. The quantitative estimate of drug-likeness (QED) is 0.690. The van der Waals surface area contributed by atoms with Crippen LogP contribution in [0.2, 0.25) is 0 Å². The first-order chi connectivity index (χ1) is 8.56. The molecule has 1 aromatic carbocycles. The third-order valence-corrected chi connectivity index (χ3v) is 3.43. The van der Waals surface area contributed by atoms with Crippen molar-refractivity contribution in [1.82, 2.24) is 4.98 Å². The Labute approximate surface area is 114 Å². The number of carbonyl (C=O) groups is 2. The Balaban J connectivity index is 2.31. The summed E-state index contributed by atoms with van der Waals surface area (Å²) in [6.45, 7) is 1.53. The van der Waals surface area contributed by atoms with Crippen LogP contribution in [0.5, 0.6) is 0 Å². The Bertz CT molecular complexity index is 605. The second-order valence-corrected chi connectivity index (χ2v) is 5.28. The second-order valence-electron chi connectivity index (χ2n) is 3.83. The van der Waals surface area contributed by atoms with Crippen molar-refractivity contribution < 1.29 is 9.59 Å². The minimum atomic E-state index is -0.201. The monoisotopic (exact) mass is 277 g/mol. The van der Waals surface area contributed by atoms with Crippen molar-refractivity contribution in [2.45, 2.75) is 13.3 Å². The summed E-state index contributed by atoms with van der Waals surface area (Å²) < 4.78 is 0. The molecule has 2 aromatic rings. The Morgan fingerprint density at radius 2 is 2.17 bits per heavy atom. The summed E-state index contributed by atoms with van der Waals surface area (Å²) in [4.78, 5) is 26.6. The summed E-state index contributed by atoms with van der Waals surface area (Å²) in [7, 11) is 0. The van der Waals surface area contributed by atoms with E-state index >= 15 is 0 Å². The standard InChI is InChI=1S/C13H11NO2S2/c1-8(15)9-3-2-4-10(5-9)11-7-18-12(14-11)6-13(16)17/h2-5,7H,6H2,1H3,(H,16,17). The molecule has 5 heteroatoms. The minimum absolute atomic E-state index is 0.0258. The summed E-state index contributed by atoms with van der Waals surface area (Å²) in [6, 6.07) is 7.31. The molecular formula is C13H11NO2S2. The molecule has 0 radical (unpaired) electrons. The van der Waals surface area contributed by atoms with Crippen molar-refractivity contribution in [3.05, 3.63) is 40.2 Å². The van der Waals surface area contributed by atoms with E-state index < -0.39 is 0 Å². The van der Waals surface area contributed by atoms with Gasteiger partial charge in [0.05, 0.1) is 12.1 Å². The summed E-state index contributed by atoms with van der Waals surface area (Å²) >= 11 is 5.15. The molecule has 0 fully saturated rings. The number of aromatic nitrogens is 1. The van der Waals surface area contributed by atoms with Crippen LogP contribution in [0.1, 0.15) is 22.3 Å². The minimum Gasteiger partial charge on any atom is -0.295 e. The van der Waals surface area contributed by atoms with E-state index in [2.05, 4.69) is 17.6 Å². The second kappa shape index (κ2) is 5.46. The molecule has 0 aliphatic heterocycles. The van der Waals surface area contributed by atoms with E-state index in [9.17, 15) is 9.59 Å². The smallest absolute Gasteiger partial charge is 0.192 e. The Kier molecular flexibility index (Phi) is 3.93. The molecule has 0 saturated carbocycles. The molecule has 0 N–H and O–H groups in total. The van der Waals surface area contributed by atoms with Gasteiger partial charge >= 0.3 is 0 Å². The number of hydrogen-bond acceptors (Lipinski definition) is 4. The molecule has 1 heterocycles. The normalized spacial score (nSPS) is 10.3. The molecule has 0 amide bonds. The summed E-state index contributed by atoms with van der Waals surface area (Å²) in [6.07, 6.45) is 0.236. The van der Waals surface area contributed by atoms with Gasteiger partial charge < -0.3 is 0 Å². The molecule has 0 unspecified atom stereocenters. The lowest BCUT2D eigenvalue weighted by molar-refractivity contribution is -0.110. The van der Waals surface area contributed by atoms with Crippen LogP contribution in [0.25, 0.3) is 11.3 Å². The first-order valence-corrected chi connectivity index (χ1v) is 6.66. The maximum absolute atomic E-state index is 11.3. The lowest BCUT2D eigenvalue weighted by atomic mass is 10.1. The van der Waals surface area contributed by atoms with Crippen LogP contribution in [0, 0.1) is 0 Å². The van der Waals surface area contributed by atoms with E-state index in [1.165, 1.54) is 18.3 Å². The zero-order valence-electron chi connectivity index (χ0n) is 9.71. The zero-order valence-corrected chi connectivity index (χ0v) is 11.4. The van der Waals surface area contributed by atoms with Gasteiger partial charge in [0.2, 0.25) is 0 Å². The lowest BCUT2D eigenvalue weighted by Gasteiger charge is -1.99. The maximum atomic E-state index is 11.3. The van der Waals surface area contributed by atoms with Crippen LogP contribution < -0.4 is 0 Å². The fraction of sp³-hybridized carbons (Fsp3) is 0.154. The molecule has 0 bridgehead atoms. The van der Waals surface area contributed by atoms with Crippen LogP contribution in [0.4, 0.5) is 0 Å². The predicted octanol–water partition coefficient (Wildman–Crippen LogP) is 3.01. The highest BCUT2D eigenvalue weighted by atomic mass is 32.1. The summed E-state index contributed by atoms with van der Waals surface area (Å²) in [5.74, 6) is 0.0258. The number of ketones is 1. The molecule has 0 aliphatic carbocycles. The molecule has 92 valence electrons. The van der Waals surface area contributed by atoms with Gasteiger partial charge in [-0.15, -0.1) is 24.0 Å². The van der Waals surface area contributed by atoms with E-state index in [4.69, 9.17) is 0 Å². The van der Waals surface area contributed by atoms with Crippen molar-refractivity contribution in [1.29, 1.82) is 0 Å². The number of hydrogen-bond donors (Lipinski definition) is 1. The average Bonchev–Trinajstić information content (AvgIpc) is 2.77. The maximum Gasteiger partial charge on any atom is 0.192 e. The van der Waals surface area contributed by atoms with Gasteiger partial charge in [-0.3, -0.25) is 9.59 Å². The number of carbonyl (C=O) groups excluding carboxylic acids is 2. The third-order valence-electron chi connectivity index (χ3n) is 2.42. The van der Waals surface area contributed by atoms with Crippen molar-refractivity contribution in [2.24, 2.45) is 0 Å². The largest absolute Gasteiger partial charge is 0.295 e. The van der Waals surface area contributed by atoms with Gasteiger partial charge in [0.15, 0.2) is 10.9 Å². The van der Waals surface area contributed by atoms with Crippen molar-refractivity contribution >= 4 is 34.9 Å². The molecule has 0 aliphatic rings. The summed E-state index contributed by atoms with van der Waals surface area (Å²) in [5, 5.41) is 2.41. The lowest BCUT2D eigenvalue weighted by Crippen LogP contribution is -1.93. The Morgan fingerprint density at radius 3 is 2.83 bits per heavy atom. The molecule has 18 heavy (non-hydrogen) atoms. The van der Waals surface area contributed by atoms with Gasteiger partial charge in [-0.1, -0.05) is 18.2 Å². The van der Waals surface area contributed by atoms with Crippen molar-refractivity contribution in [3.63, 3.8) is 0 Å². The van der Waals surface area contributed by atoms with Gasteiger partial charge in [-0.05, 0) is 13.0 Å². The SMILES string of the molecule is CC(=O)c1cccc(-c2csc(CC(=O)S)n2)c1. The van der Waals surface area contributed by atoms with Crippen LogP contribution >= 0.6 is 24.0 Å². The van der Waals surface area contributed by atoms with Gasteiger partial charge in [-0.2, -0.15) is 0 Å². The van der Waals surface area contributed by atoms with Crippen LogP contribution in [0.3, 0.4) is 0 Å².